The Labute approximate surface area is 117 Å². The summed E-state index contributed by atoms with van der Waals surface area (Å²) in [5.74, 6) is 0.0902. The van der Waals surface area contributed by atoms with E-state index in [4.69, 9.17) is 15.2 Å². The molecule has 110 valence electrons. The molecule has 1 rings (SSSR count). The zero-order valence-corrected chi connectivity index (χ0v) is 11.5. The molecular formula is C13H19N3O4. The number of carbonyl (C=O) groups is 2. The fourth-order valence-electron chi connectivity index (χ4n) is 1.48. The molecule has 7 heteroatoms. The number of methoxy groups -OCH3 is 1. The largest absolute Gasteiger partial charge is 0.489 e. The van der Waals surface area contributed by atoms with E-state index in [0.717, 1.165) is 0 Å². The van der Waals surface area contributed by atoms with Crippen LogP contribution in [0, 0.1) is 0 Å². The first kappa shape index (κ1) is 15.8. The molecule has 4 N–H and O–H groups in total. The van der Waals surface area contributed by atoms with Crippen LogP contribution in [0.25, 0.3) is 0 Å². The smallest absolute Gasteiger partial charge is 0.318 e. The van der Waals surface area contributed by atoms with E-state index >= 15 is 0 Å². The number of para-hydroxylation sites is 2. The van der Waals surface area contributed by atoms with Gasteiger partial charge in [-0.2, -0.15) is 0 Å². The lowest BCUT2D eigenvalue weighted by Gasteiger charge is -2.17. The second-order valence-corrected chi connectivity index (χ2v) is 4.06. The van der Waals surface area contributed by atoms with Crippen LogP contribution in [-0.4, -0.2) is 38.3 Å². The van der Waals surface area contributed by atoms with E-state index < -0.39 is 18.0 Å². The molecule has 20 heavy (non-hydrogen) atoms. The number of benzene rings is 1. The monoisotopic (exact) mass is 281 g/mol. The van der Waals surface area contributed by atoms with E-state index in [-0.39, 0.29) is 0 Å². The van der Waals surface area contributed by atoms with Crippen LogP contribution in [0.15, 0.2) is 24.3 Å². The van der Waals surface area contributed by atoms with Gasteiger partial charge in [0, 0.05) is 7.11 Å². The van der Waals surface area contributed by atoms with E-state index in [2.05, 4.69) is 5.32 Å². The quantitative estimate of drug-likeness (QED) is 0.639. The van der Waals surface area contributed by atoms with Crippen molar-refractivity contribution in [1.82, 2.24) is 5.32 Å². The second-order valence-electron chi connectivity index (χ2n) is 4.06. The topological polar surface area (TPSA) is 103 Å². The Bertz CT molecular complexity index is 465. The summed E-state index contributed by atoms with van der Waals surface area (Å²) < 4.78 is 10.4. The minimum Gasteiger partial charge on any atom is -0.489 e. The maximum absolute atomic E-state index is 11.6. The van der Waals surface area contributed by atoms with Crippen molar-refractivity contribution in [2.45, 2.75) is 13.0 Å². The average molecular weight is 281 g/mol. The number of hydrogen-bond acceptors (Lipinski definition) is 5. The molecule has 0 spiro atoms. The molecule has 0 unspecified atom stereocenters. The molecule has 0 aliphatic heterocycles. The predicted molar refractivity (Wildman–Crippen MR) is 74.6 cm³/mol. The summed E-state index contributed by atoms with van der Waals surface area (Å²) in [4.78, 5) is 22.2. The van der Waals surface area contributed by atoms with Crippen LogP contribution in [0.5, 0.6) is 5.75 Å². The molecule has 0 aliphatic carbocycles. The van der Waals surface area contributed by atoms with Crippen LogP contribution in [0.3, 0.4) is 0 Å². The van der Waals surface area contributed by atoms with Gasteiger partial charge in [-0.25, -0.2) is 4.79 Å². The predicted octanol–water partition coefficient (Wildman–Crippen LogP) is 0.707. The lowest BCUT2D eigenvalue weighted by atomic mass is 10.2. The van der Waals surface area contributed by atoms with Crippen LogP contribution in [-0.2, 0) is 9.53 Å². The average Bonchev–Trinajstić information content (AvgIpc) is 2.40. The summed E-state index contributed by atoms with van der Waals surface area (Å²) in [6, 6.07) is 5.67. The SMILES string of the molecule is COCCOc1ccccc1N[C@H](C)C(=O)NC(N)=O. The van der Waals surface area contributed by atoms with Crippen molar-refractivity contribution in [3.63, 3.8) is 0 Å². The normalized spacial score (nSPS) is 11.5. The van der Waals surface area contributed by atoms with Crippen molar-refractivity contribution in [2.24, 2.45) is 5.73 Å². The Morgan fingerprint density at radius 2 is 2.00 bits per heavy atom. The van der Waals surface area contributed by atoms with Gasteiger partial charge in [0.25, 0.3) is 0 Å². The molecule has 0 heterocycles. The van der Waals surface area contributed by atoms with Gasteiger partial charge in [-0.15, -0.1) is 0 Å². The minimum atomic E-state index is -0.881. The zero-order valence-electron chi connectivity index (χ0n) is 11.5. The molecule has 0 aliphatic rings. The maximum Gasteiger partial charge on any atom is 0.318 e. The van der Waals surface area contributed by atoms with Crippen LogP contribution >= 0.6 is 0 Å². The molecule has 3 amide bonds. The molecular weight excluding hydrogens is 262 g/mol. The third-order valence-corrected chi connectivity index (χ3v) is 2.44. The van der Waals surface area contributed by atoms with E-state index in [1.807, 2.05) is 17.4 Å². The third-order valence-electron chi connectivity index (χ3n) is 2.44. The molecule has 0 fully saturated rings. The highest BCUT2D eigenvalue weighted by molar-refractivity contribution is 5.97. The van der Waals surface area contributed by atoms with Crippen LogP contribution < -0.4 is 21.1 Å². The first-order valence-electron chi connectivity index (χ1n) is 6.12. The Morgan fingerprint density at radius 1 is 1.30 bits per heavy atom. The molecule has 0 aromatic heterocycles. The van der Waals surface area contributed by atoms with Crippen LogP contribution in [0.2, 0.25) is 0 Å². The van der Waals surface area contributed by atoms with Crippen molar-refractivity contribution in [3.05, 3.63) is 24.3 Å². The zero-order chi connectivity index (χ0) is 15.0. The summed E-state index contributed by atoms with van der Waals surface area (Å²) in [5.41, 5.74) is 5.55. The standard InChI is InChI=1S/C13H19N3O4/c1-9(12(17)16-13(14)18)15-10-5-3-4-6-11(10)20-8-7-19-2/h3-6,9,15H,7-8H2,1-2H3,(H3,14,16,17,18)/t9-/m1/s1. The van der Waals surface area contributed by atoms with Crippen molar-refractivity contribution >= 4 is 17.6 Å². The van der Waals surface area contributed by atoms with Gasteiger partial charge in [-0.3, -0.25) is 10.1 Å². The van der Waals surface area contributed by atoms with Crippen molar-refractivity contribution < 1.29 is 19.1 Å². The lowest BCUT2D eigenvalue weighted by Crippen LogP contribution is -2.43. The van der Waals surface area contributed by atoms with Gasteiger partial charge in [-0.05, 0) is 19.1 Å². The Kier molecular flexibility index (Phi) is 6.31. The molecule has 1 aromatic carbocycles. The maximum atomic E-state index is 11.6. The van der Waals surface area contributed by atoms with Gasteiger partial charge in [0.05, 0.1) is 12.3 Å². The number of amides is 3. The summed E-state index contributed by atoms with van der Waals surface area (Å²) in [6.07, 6.45) is 0. The summed E-state index contributed by atoms with van der Waals surface area (Å²) in [5, 5.41) is 4.97. The fraction of sp³-hybridized carbons (Fsp3) is 0.385. The Balaban J connectivity index is 2.66. The Hall–Kier alpha value is -2.28. The first-order valence-corrected chi connectivity index (χ1v) is 6.12. The number of urea groups is 1. The van der Waals surface area contributed by atoms with Gasteiger partial charge >= 0.3 is 6.03 Å². The molecule has 0 saturated carbocycles. The van der Waals surface area contributed by atoms with E-state index in [9.17, 15) is 9.59 Å². The number of nitrogens with two attached hydrogens (primary N) is 1. The highest BCUT2D eigenvalue weighted by Crippen LogP contribution is 2.24. The number of imide groups is 1. The number of hydrogen-bond donors (Lipinski definition) is 3. The van der Waals surface area contributed by atoms with Gasteiger partial charge < -0.3 is 20.5 Å². The molecule has 1 aromatic rings. The number of ether oxygens (including phenoxy) is 2. The summed E-state index contributed by atoms with van der Waals surface area (Å²) in [7, 11) is 1.59. The number of nitrogens with one attached hydrogen (secondary N) is 2. The first-order chi connectivity index (χ1) is 9.54. The third kappa shape index (κ3) is 5.15. The van der Waals surface area contributed by atoms with Crippen molar-refractivity contribution in [1.29, 1.82) is 0 Å². The van der Waals surface area contributed by atoms with Crippen molar-refractivity contribution in [2.75, 3.05) is 25.6 Å². The molecule has 0 radical (unpaired) electrons. The van der Waals surface area contributed by atoms with Crippen LogP contribution in [0.1, 0.15) is 6.92 Å². The van der Waals surface area contributed by atoms with Gasteiger partial charge in [0.15, 0.2) is 0 Å². The van der Waals surface area contributed by atoms with Crippen molar-refractivity contribution in [3.8, 4) is 5.75 Å². The number of anilines is 1. The van der Waals surface area contributed by atoms with E-state index in [0.29, 0.717) is 24.7 Å². The van der Waals surface area contributed by atoms with Gasteiger partial charge in [0.2, 0.25) is 5.91 Å². The lowest BCUT2D eigenvalue weighted by molar-refractivity contribution is -0.120. The highest BCUT2D eigenvalue weighted by Gasteiger charge is 2.15. The fourth-order valence-corrected chi connectivity index (χ4v) is 1.48. The molecule has 0 saturated heterocycles. The summed E-state index contributed by atoms with van der Waals surface area (Å²) >= 11 is 0. The second kappa shape index (κ2) is 8.00. The minimum absolute atomic E-state index is 0.400. The Morgan fingerprint density at radius 3 is 2.65 bits per heavy atom. The highest BCUT2D eigenvalue weighted by atomic mass is 16.5. The van der Waals surface area contributed by atoms with E-state index in [1.54, 1.807) is 26.2 Å². The van der Waals surface area contributed by atoms with Gasteiger partial charge in [0.1, 0.15) is 18.4 Å². The number of carbonyl (C=O) groups excluding carboxylic acids is 2. The molecule has 7 nitrogen and oxygen atoms in total. The summed E-state index contributed by atoms with van der Waals surface area (Å²) in [6.45, 7) is 2.48. The van der Waals surface area contributed by atoms with E-state index in [1.165, 1.54) is 0 Å². The number of rotatable bonds is 7. The molecule has 0 bridgehead atoms. The molecule has 1 atom stereocenters. The number of primary amides is 1. The van der Waals surface area contributed by atoms with Gasteiger partial charge in [-0.1, -0.05) is 12.1 Å². The van der Waals surface area contributed by atoms with Crippen LogP contribution in [0.4, 0.5) is 10.5 Å².